The molecule has 0 spiro atoms. The van der Waals surface area contributed by atoms with E-state index < -0.39 is 0 Å². The van der Waals surface area contributed by atoms with E-state index in [1.165, 1.54) is 16.0 Å². The van der Waals surface area contributed by atoms with E-state index in [4.69, 9.17) is 5.73 Å². The molecule has 1 aromatic carbocycles. The van der Waals surface area contributed by atoms with E-state index >= 15 is 0 Å². The summed E-state index contributed by atoms with van der Waals surface area (Å²) in [5.74, 6) is 2.10. The summed E-state index contributed by atoms with van der Waals surface area (Å²) in [6.07, 6.45) is 0. The molecule has 0 amide bonds. The van der Waals surface area contributed by atoms with Crippen LogP contribution in [-0.4, -0.2) is 9.97 Å². The van der Waals surface area contributed by atoms with E-state index in [1.54, 1.807) is 23.1 Å². The second-order valence-corrected chi connectivity index (χ2v) is 6.64. The monoisotopic (exact) mass is 301 g/mol. The van der Waals surface area contributed by atoms with E-state index in [0.29, 0.717) is 5.82 Å². The number of fused-ring (bicyclic) bond motifs is 1. The van der Waals surface area contributed by atoms with Crippen LogP contribution in [0.3, 0.4) is 0 Å². The van der Waals surface area contributed by atoms with Crippen LogP contribution in [-0.2, 0) is 5.75 Å². The zero-order chi connectivity index (χ0) is 14.1. The Balaban J connectivity index is 1.80. The van der Waals surface area contributed by atoms with Crippen molar-refractivity contribution in [2.45, 2.75) is 24.5 Å². The molecular weight excluding hydrogens is 286 g/mol. The molecule has 0 aliphatic rings. The van der Waals surface area contributed by atoms with Crippen molar-refractivity contribution in [3.8, 4) is 0 Å². The van der Waals surface area contributed by atoms with Crippen LogP contribution in [0.15, 0.2) is 34.5 Å². The van der Waals surface area contributed by atoms with Gasteiger partial charge in [0.25, 0.3) is 0 Å². The number of hydrogen-bond donors (Lipinski definition) is 1. The Morgan fingerprint density at radius 1 is 1.15 bits per heavy atom. The van der Waals surface area contributed by atoms with Crippen LogP contribution in [0.2, 0.25) is 0 Å². The molecule has 3 nitrogen and oxygen atoms in total. The van der Waals surface area contributed by atoms with Crippen molar-refractivity contribution in [3.05, 3.63) is 46.6 Å². The van der Waals surface area contributed by atoms with Gasteiger partial charge in [0.05, 0.1) is 11.1 Å². The number of nitrogens with two attached hydrogens (primary N) is 1. The molecule has 0 saturated carbocycles. The molecule has 0 unspecified atom stereocenters. The van der Waals surface area contributed by atoms with Crippen LogP contribution in [0, 0.1) is 13.8 Å². The predicted molar refractivity (Wildman–Crippen MR) is 87.3 cm³/mol. The highest BCUT2D eigenvalue weighted by Gasteiger charge is 2.07. The Kier molecular flexibility index (Phi) is 3.63. The Morgan fingerprint density at radius 2 is 2.00 bits per heavy atom. The molecular formula is C15H15N3S2. The largest absolute Gasteiger partial charge is 0.383 e. The summed E-state index contributed by atoms with van der Waals surface area (Å²) >= 11 is 3.34. The Labute approximate surface area is 126 Å². The van der Waals surface area contributed by atoms with Gasteiger partial charge in [-0.3, -0.25) is 0 Å². The first kappa shape index (κ1) is 13.4. The van der Waals surface area contributed by atoms with Gasteiger partial charge in [0.2, 0.25) is 0 Å². The van der Waals surface area contributed by atoms with Gasteiger partial charge in [-0.25, -0.2) is 9.97 Å². The highest BCUT2D eigenvalue weighted by molar-refractivity contribution is 7.98. The first-order valence-corrected chi connectivity index (χ1v) is 8.19. The SMILES string of the molecule is Cc1ccc(SCc2nc(N)c3ccsc3n2)cc1C. The molecule has 0 aliphatic heterocycles. The van der Waals surface area contributed by atoms with Gasteiger partial charge in [0.1, 0.15) is 16.5 Å². The number of nitrogen functional groups attached to an aromatic ring is 1. The van der Waals surface area contributed by atoms with Gasteiger partial charge < -0.3 is 5.73 Å². The van der Waals surface area contributed by atoms with Crippen LogP contribution in [0.1, 0.15) is 17.0 Å². The molecule has 3 rings (SSSR count). The summed E-state index contributed by atoms with van der Waals surface area (Å²) in [4.78, 5) is 11.1. The number of thiophene rings is 1. The maximum atomic E-state index is 5.96. The van der Waals surface area contributed by atoms with Gasteiger partial charge in [-0.2, -0.15) is 0 Å². The molecule has 102 valence electrons. The van der Waals surface area contributed by atoms with Gasteiger partial charge in [0.15, 0.2) is 0 Å². The van der Waals surface area contributed by atoms with Crippen LogP contribution >= 0.6 is 23.1 Å². The molecule has 2 aromatic heterocycles. The fraction of sp³-hybridized carbons (Fsp3) is 0.200. The van der Waals surface area contributed by atoms with E-state index in [-0.39, 0.29) is 0 Å². The molecule has 0 bridgehead atoms. The van der Waals surface area contributed by atoms with Gasteiger partial charge >= 0.3 is 0 Å². The number of rotatable bonds is 3. The Morgan fingerprint density at radius 3 is 2.80 bits per heavy atom. The molecule has 0 saturated heterocycles. The highest BCUT2D eigenvalue weighted by atomic mass is 32.2. The average Bonchev–Trinajstić information content (AvgIpc) is 2.89. The zero-order valence-corrected chi connectivity index (χ0v) is 13.0. The molecule has 0 fully saturated rings. The average molecular weight is 301 g/mol. The van der Waals surface area contributed by atoms with E-state index in [2.05, 4.69) is 42.0 Å². The quantitative estimate of drug-likeness (QED) is 0.737. The minimum absolute atomic E-state index is 0.576. The number of nitrogens with zero attached hydrogens (tertiary/aromatic N) is 2. The fourth-order valence-corrected chi connectivity index (χ4v) is 3.58. The van der Waals surface area contributed by atoms with E-state index in [1.807, 2.05) is 11.4 Å². The first-order chi connectivity index (χ1) is 9.63. The summed E-state index contributed by atoms with van der Waals surface area (Å²) in [6.45, 7) is 4.25. The van der Waals surface area contributed by atoms with Crippen LogP contribution < -0.4 is 5.73 Å². The number of aromatic nitrogens is 2. The molecule has 0 aliphatic carbocycles. The number of benzene rings is 1. The van der Waals surface area contributed by atoms with Crippen molar-refractivity contribution < 1.29 is 0 Å². The lowest BCUT2D eigenvalue weighted by atomic mass is 10.1. The van der Waals surface area contributed by atoms with Crippen molar-refractivity contribution in [3.63, 3.8) is 0 Å². The van der Waals surface area contributed by atoms with Crippen LogP contribution in [0.25, 0.3) is 10.2 Å². The summed E-state index contributed by atoms with van der Waals surface area (Å²) in [7, 11) is 0. The van der Waals surface area contributed by atoms with Crippen LogP contribution in [0.5, 0.6) is 0 Å². The van der Waals surface area contributed by atoms with E-state index in [0.717, 1.165) is 21.8 Å². The third kappa shape index (κ3) is 2.64. The van der Waals surface area contributed by atoms with Gasteiger partial charge in [-0.05, 0) is 48.6 Å². The van der Waals surface area contributed by atoms with E-state index in [9.17, 15) is 0 Å². The standard InChI is InChI=1S/C15H15N3S2/c1-9-3-4-11(7-10(9)2)20-8-13-17-14(16)12-5-6-19-15(12)18-13/h3-7H,8H2,1-2H3,(H2,16,17,18). The van der Waals surface area contributed by atoms with Gasteiger partial charge in [-0.1, -0.05) is 6.07 Å². The predicted octanol–water partition coefficient (Wildman–Crippen LogP) is 4.18. The Hall–Kier alpha value is -1.59. The summed E-state index contributed by atoms with van der Waals surface area (Å²) < 4.78 is 0. The highest BCUT2D eigenvalue weighted by Crippen LogP contribution is 2.27. The minimum atomic E-state index is 0.576. The number of anilines is 1. The second kappa shape index (κ2) is 5.42. The molecule has 5 heteroatoms. The van der Waals surface area contributed by atoms with Crippen molar-refractivity contribution in [1.82, 2.24) is 9.97 Å². The summed E-state index contributed by atoms with van der Waals surface area (Å²) in [6, 6.07) is 8.46. The van der Waals surface area contributed by atoms with Crippen molar-refractivity contribution in [2.75, 3.05) is 5.73 Å². The van der Waals surface area contributed by atoms with Gasteiger partial charge in [0, 0.05) is 4.90 Å². The molecule has 2 N–H and O–H groups in total. The number of hydrogen-bond acceptors (Lipinski definition) is 5. The van der Waals surface area contributed by atoms with Crippen LogP contribution in [0.4, 0.5) is 5.82 Å². The zero-order valence-electron chi connectivity index (χ0n) is 11.4. The summed E-state index contributed by atoms with van der Waals surface area (Å²) in [5, 5.41) is 2.95. The minimum Gasteiger partial charge on any atom is -0.383 e. The smallest absolute Gasteiger partial charge is 0.142 e. The van der Waals surface area contributed by atoms with Crippen molar-refractivity contribution >= 4 is 39.1 Å². The molecule has 2 heterocycles. The fourth-order valence-electron chi connectivity index (χ4n) is 1.94. The normalized spacial score (nSPS) is 11.1. The third-order valence-electron chi connectivity index (χ3n) is 3.25. The lowest BCUT2D eigenvalue weighted by molar-refractivity contribution is 1.08. The maximum absolute atomic E-state index is 5.96. The summed E-state index contributed by atoms with van der Waals surface area (Å²) in [5.41, 5.74) is 8.58. The molecule has 0 atom stereocenters. The van der Waals surface area contributed by atoms with Gasteiger partial charge in [-0.15, -0.1) is 23.1 Å². The topological polar surface area (TPSA) is 51.8 Å². The number of aryl methyl sites for hydroxylation is 2. The second-order valence-electron chi connectivity index (χ2n) is 4.70. The lowest BCUT2D eigenvalue weighted by Crippen LogP contribution is -1.98. The molecule has 3 aromatic rings. The first-order valence-electron chi connectivity index (χ1n) is 6.33. The number of thioether (sulfide) groups is 1. The molecule has 20 heavy (non-hydrogen) atoms. The van der Waals surface area contributed by atoms with Crippen molar-refractivity contribution in [1.29, 1.82) is 0 Å². The Bertz CT molecular complexity index is 765. The van der Waals surface area contributed by atoms with Crippen molar-refractivity contribution in [2.24, 2.45) is 0 Å². The molecule has 0 radical (unpaired) electrons. The maximum Gasteiger partial charge on any atom is 0.142 e. The third-order valence-corrected chi connectivity index (χ3v) is 5.04. The lowest BCUT2D eigenvalue weighted by Gasteiger charge is -2.05.